The lowest BCUT2D eigenvalue weighted by Gasteiger charge is -2.44. The molecule has 0 unspecified atom stereocenters. The molecule has 168 valence electrons. The maximum atomic E-state index is 13.1. The molecule has 0 spiro atoms. The van der Waals surface area contributed by atoms with E-state index in [1.165, 1.54) is 27.4 Å². The number of carbonyl (C=O) groups excluding carboxylic acids is 1. The maximum absolute atomic E-state index is 13.1. The Balaban J connectivity index is 1.77. The number of carbonyl (C=O) groups is 1. The van der Waals surface area contributed by atoms with Crippen LogP contribution in [0.15, 0.2) is 36.1 Å². The van der Waals surface area contributed by atoms with Gasteiger partial charge in [0.05, 0.1) is 21.3 Å². The summed E-state index contributed by atoms with van der Waals surface area (Å²) in [5.74, 6) is -1.45. The van der Waals surface area contributed by atoms with Crippen molar-refractivity contribution in [1.82, 2.24) is 0 Å². The van der Waals surface area contributed by atoms with Crippen molar-refractivity contribution in [2.45, 2.75) is 18.6 Å². The van der Waals surface area contributed by atoms with E-state index in [9.17, 15) is 9.90 Å². The van der Waals surface area contributed by atoms with Gasteiger partial charge in [-0.15, -0.1) is 0 Å². The van der Waals surface area contributed by atoms with E-state index in [1.54, 1.807) is 31.2 Å². The van der Waals surface area contributed by atoms with E-state index >= 15 is 0 Å². The molecule has 3 atom stereocenters. The maximum Gasteiger partial charge on any atom is 0.322 e. The van der Waals surface area contributed by atoms with Gasteiger partial charge in [0.25, 0.3) is 0 Å². The predicted octanol–water partition coefficient (Wildman–Crippen LogP) is 2.73. The number of ether oxygens (including phenoxy) is 7. The average molecular weight is 442 g/mol. The summed E-state index contributed by atoms with van der Waals surface area (Å²) in [5.41, 5.74) is 1.26. The lowest BCUT2D eigenvalue weighted by molar-refractivity contribution is -0.191. The minimum atomic E-state index is -1.93. The molecule has 2 aromatic carbocycles. The molecule has 0 aromatic heterocycles. The topological polar surface area (TPSA) is 102 Å². The molecule has 0 saturated heterocycles. The zero-order chi connectivity index (χ0) is 22.6. The molecule has 1 N–H and O–H groups in total. The molecule has 0 saturated carbocycles. The van der Waals surface area contributed by atoms with Crippen LogP contribution in [-0.4, -0.2) is 45.0 Å². The van der Waals surface area contributed by atoms with E-state index < -0.39 is 23.6 Å². The Morgan fingerprint density at radius 2 is 1.62 bits per heavy atom. The lowest BCUT2D eigenvalue weighted by Crippen LogP contribution is -2.54. The molecule has 3 aliphatic heterocycles. The van der Waals surface area contributed by atoms with Crippen LogP contribution in [0.4, 0.5) is 0 Å². The number of rotatable bonds is 4. The van der Waals surface area contributed by atoms with Crippen LogP contribution in [-0.2, 0) is 9.53 Å². The Hall–Kier alpha value is -3.59. The van der Waals surface area contributed by atoms with Gasteiger partial charge in [-0.2, -0.15) is 0 Å². The van der Waals surface area contributed by atoms with E-state index in [0.29, 0.717) is 45.6 Å². The molecule has 5 rings (SSSR count). The fourth-order valence-electron chi connectivity index (χ4n) is 4.55. The third-order valence-electron chi connectivity index (χ3n) is 5.86. The molecule has 0 amide bonds. The molecule has 9 heteroatoms. The average Bonchev–Trinajstić information content (AvgIpc) is 3.21. The highest BCUT2D eigenvalue weighted by molar-refractivity contribution is 5.80. The van der Waals surface area contributed by atoms with E-state index in [2.05, 4.69) is 0 Å². The van der Waals surface area contributed by atoms with Gasteiger partial charge in [0, 0.05) is 23.6 Å². The Kier molecular flexibility index (Phi) is 4.59. The summed E-state index contributed by atoms with van der Waals surface area (Å²) in [7, 11) is 4.53. The first kappa shape index (κ1) is 20.3. The van der Waals surface area contributed by atoms with Gasteiger partial charge in [-0.05, 0) is 30.7 Å². The van der Waals surface area contributed by atoms with Crippen LogP contribution in [0.25, 0.3) is 0 Å². The first-order chi connectivity index (χ1) is 15.4. The number of allylic oxidation sites excluding steroid dienone is 1. The third-order valence-corrected chi connectivity index (χ3v) is 5.86. The summed E-state index contributed by atoms with van der Waals surface area (Å²) in [6.07, 6.45) is 1.40. The highest BCUT2D eigenvalue weighted by Gasteiger charge is 2.56. The van der Waals surface area contributed by atoms with Gasteiger partial charge in [0.1, 0.15) is 17.4 Å². The van der Waals surface area contributed by atoms with Gasteiger partial charge in [-0.25, -0.2) is 0 Å². The second-order valence-corrected chi connectivity index (χ2v) is 7.69. The summed E-state index contributed by atoms with van der Waals surface area (Å²) in [6.45, 7) is 1.65. The summed E-state index contributed by atoms with van der Waals surface area (Å²) in [6, 6.07) is 6.89. The van der Waals surface area contributed by atoms with E-state index in [1.807, 2.05) is 0 Å². The van der Waals surface area contributed by atoms with Crippen molar-refractivity contribution < 1.29 is 43.1 Å². The fourth-order valence-corrected chi connectivity index (χ4v) is 4.55. The number of aliphatic hydroxyl groups is 1. The SMILES string of the molecule is COc1cc([C@@H]2c3cc4c(cc3O[C@]3(O)C=C(C)OC(=O)[C@H]23)OCO4)cc(OC)c1OC. The van der Waals surface area contributed by atoms with Crippen LogP contribution in [0.5, 0.6) is 34.5 Å². The van der Waals surface area contributed by atoms with Crippen molar-refractivity contribution in [3.63, 3.8) is 0 Å². The number of benzene rings is 2. The van der Waals surface area contributed by atoms with Crippen molar-refractivity contribution >= 4 is 5.97 Å². The van der Waals surface area contributed by atoms with Gasteiger partial charge in [-0.1, -0.05) is 0 Å². The van der Waals surface area contributed by atoms with Crippen molar-refractivity contribution in [3.05, 3.63) is 47.2 Å². The molecule has 0 fully saturated rings. The van der Waals surface area contributed by atoms with Crippen molar-refractivity contribution in [3.8, 4) is 34.5 Å². The second kappa shape index (κ2) is 7.23. The number of methoxy groups -OCH3 is 3. The van der Waals surface area contributed by atoms with E-state index in [0.717, 1.165) is 0 Å². The molecule has 0 bridgehead atoms. The van der Waals surface area contributed by atoms with Crippen LogP contribution >= 0.6 is 0 Å². The molecular weight excluding hydrogens is 420 g/mol. The molecule has 3 heterocycles. The molecule has 0 aliphatic carbocycles. The van der Waals surface area contributed by atoms with Crippen LogP contribution in [0.1, 0.15) is 24.0 Å². The van der Waals surface area contributed by atoms with Crippen LogP contribution in [0.2, 0.25) is 0 Å². The Morgan fingerprint density at radius 1 is 0.969 bits per heavy atom. The van der Waals surface area contributed by atoms with Crippen LogP contribution in [0, 0.1) is 5.92 Å². The van der Waals surface area contributed by atoms with Gasteiger partial charge in [0.2, 0.25) is 18.3 Å². The normalized spacial score (nSPS) is 25.0. The molecule has 3 aliphatic rings. The second-order valence-electron chi connectivity index (χ2n) is 7.69. The molecule has 32 heavy (non-hydrogen) atoms. The van der Waals surface area contributed by atoms with Gasteiger partial charge >= 0.3 is 5.97 Å². The highest BCUT2D eigenvalue weighted by atomic mass is 16.7. The summed E-state index contributed by atoms with van der Waals surface area (Å²) >= 11 is 0. The van der Waals surface area contributed by atoms with Crippen molar-refractivity contribution in [1.29, 1.82) is 0 Å². The standard InChI is InChI=1S/C23H22O9/c1-11-9-23(25)20(22(24)31-11)19(12-5-17(26-2)21(28-4)18(6-12)27-3)13-7-15-16(30-10-29-15)8-14(13)32-23/h5-9,19-20,25H,10H2,1-4H3/t19-,20+,23-/m1/s1. The smallest absolute Gasteiger partial charge is 0.322 e. The summed E-state index contributed by atoms with van der Waals surface area (Å²) < 4.78 is 38.8. The van der Waals surface area contributed by atoms with Crippen molar-refractivity contribution in [2.75, 3.05) is 28.1 Å². The number of hydrogen-bond donors (Lipinski definition) is 1. The number of fused-ring (bicyclic) bond motifs is 3. The Bertz CT molecular complexity index is 1110. The minimum Gasteiger partial charge on any atom is -0.493 e. The number of cyclic esters (lactones) is 1. The quantitative estimate of drug-likeness (QED) is 0.716. The first-order valence-electron chi connectivity index (χ1n) is 9.94. The molecule has 2 aromatic rings. The van der Waals surface area contributed by atoms with Crippen LogP contribution < -0.4 is 28.4 Å². The summed E-state index contributed by atoms with van der Waals surface area (Å²) in [5, 5.41) is 11.5. The van der Waals surface area contributed by atoms with Crippen molar-refractivity contribution in [2.24, 2.45) is 5.92 Å². The Labute approximate surface area is 184 Å². The highest BCUT2D eigenvalue weighted by Crippen LogP contribution is 2.55. The zero-order valence-corrected chi connectivity index (χ0v) is 18.0. The minimum absolute atomic E-state index is 0.0713. The number of esters is 1. The lowest BCUT2D eigenvalue weighted by atomic mass is 9.73. The Morgan fingerprint density at radius 3 is 2.25 bits per heavy atom. The number of hydrogen-bond acceptors (Lipinski definition) is 9. The van der Waals surface area contributed by atoms with E-state index in [4.69, 9.17) is 33.2 Å². The molecule has 9 nitrogen and oxygen atoms in total. The fraction of sp³-hybridized carbons (Fsp3) is 0.348. The van der Waals surface area contributed by atoms with E-state index in [-0.39, 0.29) is 12.6 Å². The van der Waals surface area contributed by atoms with Gasteiger partial charge < -0.3 is 38.3 Å². The summed E-state index contributed by atoms with van der Waals surface area (Å²) in [4.78, 5) is 13.1. The van der Waals surface area contributed by atoms with Gasteiger partial charge in [-0.3, -0.25) is 4.79 Å². The molecule has 0 radical (unpaired) electrons. The largest absolute Gasteiger partial charge is 0.493 e. The van der Waals surface area contributed by atoms with Crippen LogP contribution in [0.3, 0.4) is 0 Å². The predicted molar refractivity (Wildman–Crippen MR) is 109 cm³/mol. The molecular formula is C23H22O9. The first-order valence-corrected chi connectivity index (χ1v) is 9.94. The van der Waals surface area contributed by atoms with Gasteiger partial charge in [0.15, 0.2) is 23.0 Å². The monoisotopic (exact) mass is 442 g/mol. The third kappa shape index (κ3) is 2.92. The zero-order valence-electron chi connectivity index (χ0n) is 18.0.